The fraction of sp³-hybridized carbons (Fsp3) is 0.773. The Morgan fingerprint density at radius 2 is 1.41 bits per heavy atom. The molecule has 0 bridgehead atoms. The van der Waals surface area contributed by atoms with Gasteiger partial charge in [0.15, 0.2) is 0 Å². The van der Waals surface area contributed by atoms with E-state index in [4.69, 9.17) is 4.74 Å². The number of ether oxygens (including phenoxy) is 2. The van der Waals surface area contributed by atoms with Gasteiger partial charge in [0.1, 0.15) is 17.7 Å². The number of carbonyl (C=O) groups is 5. The van der Waals surface area contributed by atoms with E-state index in [0.29, 0.717) is 6.42 Å². The number of ketones is 1. The van der Waals surface area contributed by atoms with E-state index in [2.05, 4.69) is 10.1 Å². The molecule has 0 radical (unpaired) electrons. The third-order valence-electron chi connectivity index (χ3n) is 4.92. The molecule has 0 saturated heterocycles. The van der Waals surface area contributed by atoms with Crippen molar-refractivity contribution >= 4 is 29.7 Å². The van der Waals surface area contributed by atoms with Crippen LogP contribution in [0.5, 0.6) is 0 Å². The Labute approximate surface area is 198 Å². The van der Waals surface area contributed by atoms with Gasteiger partial charge in [-0.05, 0) is 39.5 Å². The van der Waals surface area contributed by atoms with E-state index >= 15 is 0 Å². The lowest BCUT2D eigenvalue weighted by Gasteiger charge is -2.28. The number of alkyl halides is 2. The molecular formula is C22H37F2N3O7. The summed E-state index contributed by atoms with van der Waals surface area (Å²) in [4.78, 5) is 61.1. The summed E-state index contributed by atoms with van der Waals surface area (Å²) in [5, 5.41) is 6.27. The van der Waals surface area contributed by atoms with Crippen LogP contribution in [0.4, 0.5) is 13.6 Å². The molecule has 0 aromatic carbocycles. The van der Waals surface area contributed by atoms with Crippen LogP contribution < -0.4 is 16.0 Å². The Kier molecular flexibility index (Phi) is 11.6. The molecule has 0 aliphatic rings. The predicted molar refractivity (Wildman–Crippen MR) is 119 cm³/mol. The van der Waals surface area contributed by atoms with Crippen LogP contribution in [0.3, 0.4) is 0 Å². The van der Waals surface area contributed by atoms with Crippen molar-refractivity contribution in [3.8, 4) is 0 Å². The van der Waals surface area contributed by atoms with Crippen LogP contribution in [0.2, 0.25) is 0 Å². The maximum atomic E-state index is 14.6. The van der Waals surface area contributed by atoms with Gasteiger partial charge in [-0.1, -0.05) is 34.1 Å². The van der Waals surface area contributed by atoms with Crippen molar-refractivity contribution in [2.45, 2.75) is 91.5 Å². The van der Waals surface area contributed by atoms with Crippen molar-refractivity contribution in [1.82, 2.24) is 16.0 Å². The molecule has 0 unspecified atom stereocenters. The van der Waals surface area contributed by atoms with Gasteiger partial charge in [-0.2, -0.15) is 8.78 Å². The smallest absolute Gasteiger partial charge is 0.408 e. The molecule has 0 aliphatic heterocycles. The standard InChI is InChI=1S/C22H37F2N3O7/c1-10-12(4)15(18(30)33-9)26-17(29)14(11(2)3)27-19(31)22(23,24)16(28)13(5)25-20(32)34-21(6,7)8/h11-15H,10H2,1-9H3,(H,25,32)(H,26,29)(H,27,31)/t12-,13-,14-,15-/m0/s1. The molecule has 4 atom stereocenters. The van der Waals surface area contributed by atoms with Gasteiger partial charge in [0.05, 0.1) is 13.2 Å². The topological polar surface area (TPSA) is 140 Å². The quantitative estimate of drug-likeness (QED) is 0.295. The van der Waals surface area contributed by atoms with Crippen molar-refractivity contribution in [1.29, 1.82) is 0 Å². The minimum atomic E-state index is -4.56. The van der Waals surface area contributed by atoms with E-state index in [1.54, 1.807) is 34.6 Å². The SMILES string of the molecule is CC[C@H](C)[C@H](NC(=O)[C@@H](NC(=O)C(F)(F)C(=O)[C@H](C)NC(=O)OC(C)(C)C)C(C)C)C(=O)OC. The molecule has 0 aromatic rings. The summed E-state index contributed by atoms with van der Waals surface area (Å²) in [6.45, 7) is 12.1. The van der Waals surface area contributed by atoms with Crippen LogP contribution in [0.1, 0.15) is 61.8 Å². The van der Waals surface area contributed by atoms with Gasteiger partial charge in [0.2, 0.25) is 11.7 Å². The van der Waals surface area contributed by atoms with Crippen LogP contribution in [0.15, 0.2) is 0 Å². The van der Waals surface area contributed by atoms with Gasteiger partial charge in [0, 0.05) is 0 Å². The molecule has 10 nitrogen and oxygen atoms in total. The summed E-state index contributed by atoms with van der Waals surface area (Å²) in [5.74, 6) is -11.1. The van der Waals surface area contributed by atoms with E-state index in [1.165, 1.54) is 13.8 Å². The minimum absolute atomic E-state index is 0.331. The lowest BCUT2D eigenvalue weighted by molar-refractivity contribution is -0.161. The Hall–Kier alpha value is -2.79. The van der Waals surface area contributed by atoms with Gasteiger partial charge in [-0.25, -0.2) is 9.59 Å². The highest BCUT2D eigenvalue weighted by atomic mass is 19.3. The second-order valence-corrected chi connectivity index (χ2v) is 9.40. The molecule has 3 N–H and O–H groups in total. The molecule has 0 heterocycles. The van der Waals surface area contributed by atoms with E-state index in [-0.39, 0.29) is 5.92 Å². The zero-order valence-corrected chi connectivity index (χ0v) is 21.2. The number of alkyl carbamates (subject to hydrolysis) is 1. The number of carbonyl (C=O) groups excluding carboxylic acids is 5. The molecule has 0 spiro atoms. The number of hydrogen-bond acceptors (Lipinski definition) is 7. The number of hydrogen-bond donors (Lipinski definition) is 3. The average molecular weight is 494 g/mol. The van der Waals surface area contributed by atoms with Gasteiger partial charge < -0.3 is 25.4 Å². The number of halogens is 2. The second-order valence-electron chi connectivity index (χ2n) is 9.40. The molecule has 3 amide bonds. The first-order chi connectivity index (χ1) is 15.4. The van der Waals surface area contributed by atoms with Crippen molar-refractivity contribution in [3.63, 3.8) is 0 Å². The monoisotopic (exact) mass is 493 g/mol. The Bertz CT molecular complexity index is 766. The Balaban J connectivity index is 5.49. The van der Waals surface area contributed by atoms with Crippen molar-refractivity contribution in [2.75, 3.05) is 7.11 Å². The van der Waals surface area contributed by atoms with Crippen molar-refractivity contribution < 1.29 is 42.2 Å². The average Bonchev–Trinajstić information content (AvgIpc) is 2.71. The van der Waals surface area contributed by atoms with Crippen LogP contribution in [-0.4, -0.2) is 66.4 Å². The van der Waals surface area contributed by atoms with Gasteiger partial charge in [0.25, 0.3) is 5.91 Å². The highest BCUT2D eigenvalue weighted by Crippen LogP contribution is 2.19. The van der Waals surface area contributed by atoms with Gasteiger partial charge in [-0.15, -0.1) is 0 Å². The number of nitrogens with one attached hydrogen (secondary N) is 3. The predicted octanol–water partition coefficient (Wildman–Crippen LogP) is 1.95. The highest BCUT2D eigenvalue weighted by molar-refractivity contribution is 6.11. The molecule has 0 aliphatic carbocycles. The van der Waals surface area contributed by atoms with E-state index in [0.717, 1.165) is 14.0 Å². The fourth-order valence-electron chi connectivity index (χ4n) is 2.74. The second kappa shape index (κ2) is 12.6. The van der Waals surface area contributed by atoms with Crippen LogP contribution in [0.25, 0.3) is 0 Å². The van der Waals surface area contributed by atoms with E-state index in [9.17, 15) is 32.8 Å². The largest absolute Gasteiger partial charge is 0.467 e. The third-order valence-corrected chi connectivity index (χ3v) is 4.92. The van der Waals surface area contributed by atoms with E-state index < -0.39 is 65.2 Å². The molecule has 196 valence electrons. The number of methoxy groups -OCH3 is 1. The molecule has 0 fully saturated rings. The van der Waals surface area contributed by atoms with E-state index in [1.807, 2.05) is 10.6 Å². The maximum absolute atomic E-state index is 14.6. The zero-order valence-electron chi connectivity index (χ0n) is 21.2. The molecule has 0 rings (SSSR count). The van der Waals surface area contributed by atoms with Crippen LogP contribution in [0, 0.1) is 11.8 Å². The Morgan fingerprint density at radius 1 is 0.882 bits per heavy atom. The number of esters is 1. The van der Waals surface area contributed by atoms with Crippen LogP contribution >= 0.6 is 0 Å². The first-order valence-corrected chi connectivity index (χ1v) is 11.0. The minimum Gasteiger partial charge on any atom is -0.467 e. The molecular weight excluding hydrogens is 456 g/mol. The first kappa shape index (κ1) is 31.2. The number of amides is 3. The fourth-order valence-corrected chi connectivity index (χ4v) is 2.74. The number of Topliss-reactive ketones (excluding diaryl/α,β-unsaturated/α-hetero) is 1. The highest BCUT2D eigenvalue weighted by Gasteiger charge is 2.50. The molecule has 12 heteroatoms. The summed E-state index contributed by atoms with van der Waals surface area (Å²) in [7, 11) is 1.14. The summed E-state index contributed by atoms with van der Waals surface area (Å²) in [5.41, 5.74) is -0.929. The van der Waals surface area contributed by atoms with Crippen LogP contribution in [-0.2, 0) is 28.7 Å². The normalized spacial score (nSPS) is 15.4. The lowest BCUT2D eigenvalue weighted by Crippen LogP contribution is -2.60. The summed E-state index contributed by atoms with van der Waals surface area (Å²) >= 11 is 0. The molecule has 0 aromatic heterocycles. The maximum Gasteiger partial charge on any atom is 0.408 e. The molecule has 0 saturated carbocycles. The number of rotatable bonds is 11. The van der Waals surface area contributed by atoms with Crippen molar-refractivity contribution in [3.05, 3.63) is 0 Å². The Morgan fingerprint density at radius 3 is 1.82 bits per heavy atom. The van der Waals surface area contributed by atoms with Gasteiger partial charge in [-0.3, -0.25) is 14.4 Å². The summed E-state index contributed by atoms with van der Waals surface area (Å²) < 4.78 is 38.8. The lowest BCUT2D eigenvalue weighted by atomic mass is 9.97. The first-order valence-electron chi connectivity index (χ1n) is 11.0. The molecule has 34 heavy (non-hydrogen) atoms. The zero-order chi connectivity index (χ0) is 27.0. The summed E-state index contributed by atoms with van der Waals surface area (Å²) in [6.07, 6.45) is -0.601. The van der Waals surface area contributed by atoms with Crippen molar-refractivity contribution in [2.24, 2.45) is 11.8 Å². The summed E-state index contributed by atoms with van der Waals surface area (Å²) in [6, 6.07) is -4.28. The third kappa shape index (κ3) is 9.22. The van der Waals surface area contributed by atoms with Gasteiger partial charge >= 0.3 is 18.0 Å².